The summed E-state index contributed by atoms with van der Waals surface area (Å²) in [5.74, 6) is 0.491. The highest BCUT2D eigenvalue weighted by Gasteiger charge is 2.21. The number of fused-ring (bicyclic) bond motifs is 1. The molecule has 0 bridgehead atoms. The van der Waals surface area contributed by atoms with E-state index in [4.69, 9.17) is 5.73 Å². The summed E-state index contributed by atoms with van der Waals surface area (Å²) in [6.07, 6.45) is 8.80. The Hall–Kier alpha value is -1.88. The monoisotopic (exact) mass is 286 g/mol. The van der Waals surface area contributed by atoms with Crippen molar-refractivity contribution in [3.8, 4) is 0 Å². The van der Waals surface area contributed by atoms with Crippen LogP contribution < -0.4 is 11.1 Å². The molecule has 1 aliphatic rings. The van der Waals surface area contributed by atoms with E-state index in [0.717, 1.165) is 23.0 Å². The molecule has 1 unspecified atom stereocenters. The molecule has 0 spiro atoms. The number of nitrogens with two attached hydrogens (primary N) is 1. The second-order valence-corrected chi connectivity index (χ2v) is 5.98. The van der Waals surface area contributed by atoms with Crippen LogP contribution in [0.4, 0.5) is 5.69 Å². The molecule has 0 saturated heterocycles. The van der Waals surface area contributed by atoms with Gasteiger partial charge in [0.2, 0.25) is 5.91 Å². The van der Waals surface area contributed by atoms with Gasteiger partial charge in [0.25, 0.3) is 0 Å². The highest BCUT2D eigenvalue weighted by Crippen LogP contribution is 2.27. The lowest BCUT2D eigenvalue weighted by Crippen LogP contribution is -2.37. The van der Waals surface area contributed by atoms with Gasteiger partial charge in [0.05, 0.1) is 23.4 Å². The molecular weight excluding hydrogens is 264 g/mol. The SMILES string of the molecule is NC(CC1CCCCC1)C(=O)Nc1cccc2cn[nH]c12. The first-order valence-corrected chi connectivity index (χ1v) is 7.72. The number of aromatic amines is 1. The van der Waals surface area contributed by atoms with E-state index in [1.807, 2.05) is 18.2 Å². The molecule has 0 aliphatic heterocycles. The number of rotatable bonds is 4. The first kappa shape index (κ1) is 14.1. The molecule has 112 valence electrons. The minimum atomic E-state index is -0.439. The highest BCUT2D eigenvalue weighted by molar-refractivity contribution is 6.02. The summed E-state index contributed by atoms with van der Waals surface area (Å²) in [6.45, 7) is 0. The van der Waals surface area contributed by atoms with Crippen LogP contribution in [-0.4, -0.2) is 22.1 Å². The Labute approximate surface area is 124 Å². The Kier molecular flexibility index (Phi) is 4.20. The Bertz CT molecular complexity index is 616. The predicted molar refractivity (Wildman–Crippen MR) is 83.9 cm³/mol. The van der Waals surface area contributed by atoms with E-state index in [0.29, 0.717) is 5.92 Å². The molecule has 0 radical (unpaired) electrons. The molecule has 1 atom stereocenters. The average Bonchev–Trinajstić information content (AvgIpc) is 2.98. The third kappa shape index (κ3) is 3.24. The molecule has 1 aliphatic carbocycles. The van der Waals surface area contributed by atoms with Crippen LogP contribution in [-0.2, 0) is 4.79 Å². The van der Waals surface area contributed by atoms with Gasteiger partial charge < -0.3 is 11.1 Å². The van der Waals surface area contributed by atoms with Crippen molar-refractivity contribution >= 4 is 22.5 Å². The van der Waals surface area contributed by atoms with Crippen LogP contribution in [0.25, 0.3) is 10.9 Å². The van der Waals surface area contributed by atoms with Gasteiger partial charge in [-0.25, -0.2) is 0 Å². The van der Waals surface area contributed by atoms with Crippen LogP contribution in [0.5, 0.6) is 0 Å². The van der Waals surface area contributed by atoms with E-state index in [1.165, 1.54) is 32.1 Å². The molecule has 1 aromatic carbocycles. The van der Waals surface area contributed by atoms with Crippen LogP contribution in [0.2, 0.25) is 0 Å². The molecule has 1 fully saturated rings. The Morgan fingerprint density at radius 2 is 2.19 bits per heavy atom. The van der Waals surface area contributed by atoms with Gasteiger partial charge in [-0.05, 0) is 18.4 Å². The maximum absolute atomic E-state index is 12.3. The van der Waals surface area contributed by atoms with E-state index in [1.54, 1.807) is 6.20 Å². The summed E-state index contributed by atoms with van der Waals surface area (Å²) in [5.41, 5.74) is 7.67. The van der Waals surface area contributed by atoms with Gasteiger partial charge >= 0.3 is 0 Å². The molecule has 1 amide bonds. The van der Waals surface area contributed by atoms with Crippen LogP contribution in [0.3, 0.4) is 0 Å². The topological polar surface area (TPSA) is 83.8 Å². The standard InChI is InChI=1S/C16H22N4O/c17-13(9-11-5-2-1-3-6-11)16(21)19-14-8-4-7-12-10-18-20-15(12)14/h4,7-8,10-11,13H,1-3,5-6,9,17H2,(H,18,20)(H,19,21). The molecule has 2 aromatic rings. The molecule has 1 aromatic heterocycles. The van der Waals surface area contributed by atoms with Crippen LogP contribution in [0, 0.1) is 5.92 Å². The first-order valence-electron chi connectivity index (χ1n) is 7.72. The minimum Gasteiger partial charge on any atom is -0.323 e. The van der Waals surface area contributed by atoms with E-state index in [9.17, 15) is 4.79 Å². The Morgan fingerprint density at radius 3 is 3.00 bits per heavy atom. The number of hydrogen-bond acceptors (Lipinski definition) is 3. The third-order valence-electron chi connectivity index (χ3n) is 4.38. The number of para-hydroxylation sites is 1. The number of anilines is 1. The summed E-state index contributed by atoms with van der Waals surface area (Å²) in [5, 5.41) is 10.8. The van der Waals surface area contributed by atoms with Gasteiger partial charge in [-0.15, -0.1) is 0 Å². The smallest absolute Gasteiger partial charge is 0.241 e. The average molecular weight is 286 g/mol. The molecule has 21 heavy (non-hydrogen) atoms. The quantitative estimate of drug-likeness (QED) is 0.808. The van der Waals surface area contributed by atoms with Gasteiger partial charge in [-0.2, -0.15) is 5.10 Å². The van der Waals surface area contributed by atoms with E-state index >= 15 is 0 Å². The van der Waals surface area contributed by atoms with Crippen molar-refractivity contribution in [3.05, 3.63) is 24.4 Å². The Balaban J connectivity index is 1.63. The number of benzene rings is 1. The molecule has 5 heteroatoms. The summed E-state index contributed by atoms with van der Waals surface area (Å²) in [7, 11) is 0. The maximum Gasteiger partial charge on any atom is 0.241 e. The molecule has 1 heterocycles. The van der Waals surface area contributed by atoms with Crippen molar-refractivity contribution in [1.82, 2.24) is 10.2 Å². The van der Waals surface area contributed by atoms with Crippen LogP contribution >= 0.6 is 0 Å². The Morgan fingerprint density at radius 1 is 1.38 bits per heavy atom. The third-order valence-corrected chi connectivity index (χ3v) is 4.38. The first-order chi connectivity index (χ1) is 10.2. The van der Waals surface area contributed by atoms with E-state index in [-0.39, 0.29) is 5.91 Å². The largest absolute Gasteiger partial charge is 0.323 e. The lowest BCUT2D eigenvalue weighted by molar-refractivity contribution is -0.117. The maximum atomic E-state index is 12.3. The fourth-order valence-electron chi connectivity index (χ4n) is 3.19. The van der Waals surface area contributed by atoms with Crippen molar-refractivity contribution in [1.29, 1.82) is 0 Å². The zero-order chi connectivity index (χ0) is 14.7. The van der Waals surface area contributed by atoms with Gasteiger partial charge in [0.1, 0.15) is 0 Å². The second kappa shape index (κ2) is 6.26. The molecule has 3 rings (SSSR count). The number of carbonyl (C=O) groups excluding carboxylic acids is 1. The van der Waals surface area contributed by atoms with Gasteiger partial charge in [0.15, 0.2) is 0 Å². The number of H-pyrrole nitrogens is 1. The minimum absolute atomic E-state index is 0.109. The molecular formula is C16H22N4O. The van der Waals surface area contributed by atoms with Crippen LogP contribution in [0.15, 0.2) is 24.4 Å². The summed E-state index contributed by atoms with van der Waals surface area (Å²) >= 11 is 0. The number of hydrogen-bond donors (Lipinski definition) is 3. The highest BCUT2D eigenvalue weighted by atomic mass is 16.2. The van der Waals surface area contributed by atoms with Crippen molar-refractivity contribution < 1.29 is 4.79 Å². The van der Waals surface area contributed by atoms with Gasteiger partial charge in [-0.1, -0.05) is 44.2 Å². The fourth-order valence-corrected chi connectivity index (χ4v) is 3.19. The van der Waals surface area contributed by atoms with Crippen molar-refractivity contribution in [3.63, 3.8) is 0 Å². The zero-order valence-corrected chi connectivity index (χ0v) is 12.1. The number of nitrogens with one attached hydrogen (secondary N) is 2. The number of carbonyl (C=O) groups is 1. The molecule has 4 N–H and O–H groups in total. The summed E-state index contributed by atoms with van der Waals surface area (Å²) < 4.78 is 0. The summed E-state index contributed by atoms with van der Waals surface area (Å²) in [4.78, 5) is 12.3. The summed E-state index contributed by atoms with van der Waals surface area (Å²) in [6, 6.07) is 5.29. The number of aromatic nitrogens is 2. The number of amides is 1. The lowest BCUT2D eigenvalue weighted by atomic mass is 9.85. The fraction of sp³-hybridized carbons (Fsp3) is 0.500. The van der Waals surface area contributed by atoms with Crippen molar-refractivity contribution in [2.75, 3.05) is 5.32 Å². The predicted octanol–water partition coefficient (Wildman–Crippen LogP) is 2.80. The molecule has 1 saturated carbocycles. The molecule has 5 nitrogen and oxygen atoms in total. The van der Waals surface area contributed by atoms with Gasteiger partial charge in [0, 0.05) is 5.39 Å². The van der Waals surface area contributed by atoms with Gasteiger partial charge in [-0.3, -0.25) is 9.89 Å². The van der Waals surface area contributed by atoms with Crippen molar-refractivity contribution in [2.24, 2.45) is 11.7 Å². The van der Waals surface area contributed by atoms with E-state index in [2.05, 4.69) is 15.5 Å². The van der Waals surface area contributed by atoms with Crippen molar-refractivity contribution in [2.45, 2.75) is 44.6 Å². The normalized spacial score (nSPS) is 17.8. The van der Waals surface area contributed by atoms with Crippen LogP contribution in [0.1, 0.15) is 38.5 Å². The lowest BCUT2D eigenvalue weighted by Gasteiger charge is -2.24. The second-order valence-electron chi connectivity index (χ2n) is 5.98. The van der Waals surface area contributed by atoms with E-state index < -0.39 is 6.04 Å². The zero-order valence-electron chi connectivity index (χ0n) is 12.1. The number of nitrogens with zero attached hydrogens (tertiary/aromatic N) is 1.